The number of benzene rings is 1. The third-order valence-electron chi connectivity index (χ3n) is 4.92. The molecular weight excluding hydrogens is 276 g/mol. The van der Waals surface area contributed by atoms with Gasteiger partial charge in [-0.1, -0.05) is 18.2 Å². The first-order chi connectivity index (χ1) is 10.7. The second-order valence-electron chi connectivity index (χ2n) is 6.49. The fraction of sp³-hybridized carbons (Fsp3) is 0.611. The molecule has 1 amide bonds. The third kappa shape index (κ3) is 3.27. The quantitative estimate of drug-likeness (QED) is 0.857. The number of rotatable bonds is 4. The normalized spacial score (nSPS) is 25.1. The van der Waals surface area contributed by atoms with Gasteiger partial charge in [-0.3, -0.25) is 9.69 Å². The number of ether oxygens (including phenoxy) is 1. The molecule has 4 rings (SSSR count). The van der Waals surface area contributed by atoms with Gasteiger partial charge >= 0.3 is 0 Å². The van der Waals surface area contributed by atoms with Gasteiger partial charge < -0.3 is 9.64 Å². The van der Waals surface area contributed by atoms with Crippen molar-refractivity contribution in [3.05, 3.63) is 29.8 Å². The molecule has 0 aromatic heterocycles. The summed E-state index contributed by atoms with van der Waals surface area (Å²) < 4.78 is 5.76. The van der Waals surface area contributed by atoms with Gasteiger partial charge in [0.15, 0.2) is 0 Å². The number of amides is 1. The first kappa shape index (κ1) is 15.3. The lowest BCUT2D eigenvalue weighted by Gasteiger charge is -2.36. The summed E-state index contributed by atoms with van der Waals surface area (Å²) in [4.78, 5) is 16.4. The largest absolute Gasteiger partial charge is 0.494 e. The Bertz CT molecular complexity index is 532. The van der Waals surface area contributed by atoms with Crippen LogP contribution in [0, 0.1) is 5.92 Å². The van der Waals surface area contributed by atoms with E-state index < -0.39 is 0 Å². The Labute approximate surface area is 133 Å². The average Bonchev–Trinajstić information content (AvgIpc) is 2.81. The molecule has 0 spiro atoms. The van der Waals surface area contributed by atoms with Crippen molar-refractivity contribution in [3.63, 3.8) is 0 Å². The van der Waals surface area contributed by atoms with E-state index in [2.05, 4.69) is 23.1 Å². The molecule has 3 aliphatic heterocycles. The second-order valence-corrected chi connectivity index (χ2v) is 6.49. The zero-order chi connectivity index (χ0) is 15.5. The number of piperidine rings is 1. The Kier molecular flexibility index (Phi) is 4.67. The maximum absolute atomic E-state index is 11.8. The van der Waals surface area contributed by atoms with Gasteiger partial charge in [0, 0.05) is 44.7 Å². The highest BCUT2D eigenvalue weighted by molar-refractivity contribution is 5.73. The zero-order valence-corrected chi connectivity index (χ0v) is 13.6. The summed E-state index contributed by atoms with van der Waals surface area (Å²) in [6.45, 7) is 8.23. The molecule has 0 radical (unpaired) electrons. The van der Waals surface area contributed by atoms with E-state index in [1.165, 1.54) is 18.4 Å². The van der Waals surface area contributed by atoms with E-state index in [4.69, 9.17) is 4.74 Å². The number of para-hydroxylation sites is 1. The third-order valence-corrected chi connectivity index (χ3v) is 4.92. The molecule has 2 atom stereocenters. The van der Waals surface area contributed by atoms with Gasteiger partial charge in [-0.25, -0.2) is 0 Å². The molecular formula is C18H26N2O2. The van der Waals surface area contributed by atoms with E-state index in [0.717, 1.165) is 31.9 Å². The number of hydrogen-bond donors (Lipinski definition) is 0. The van der Waals surface area contributed by atoms with E-state index in [1.54, 1.807) is 6.92 Å². The van der Waals surface area contributed by atoms with Crippen LogP contribution in [0.4, 0.5) is 0 Å². The number of hydrogen-bond acceptors (Lipinski definition) is 3. The fourth-order valence-corrected chi connectivity index (χ4v) is 3.78. The molecule has 4 heteroatoms. The maximum Gasteiger partial charge on any atom is 0.219 e. The van der Waals surface area contributed by atoms with Crippen LogP contribution in [0.5, 0.6) is 5.75 Å². The van der Waals surface area contributed by atoms with Crippen LogP contribution >= 0.6 is 0 Å². The second kappa shape index (κ2) is 6.69. The predicted octanol–water partition coefficient (Wildman–Crippen LogP) is 2.53. The van der Waals surface area contributed by atoms with Crippen LogP contribution in [0.2, 0.25) is 0 Å². The monoisotopic (exact) mass is 302 g/mol. The van der Waals surface area contributed by atoms with Gasteiger partial charge in [-0.15, -0.1) is 0 Å². The molecule has 0 unspecified atom stereocenters. The molecule has 0 saturated carbocycles. The molecule has 3 heterocycles. The van der Waals surface area contributed by atoms with Gasteiger partial charge in [0.05, 0.1) is 6.61 Å². The van der Waals surface area contributed by atoms with Crippen molar-refractivity contribution >= 4 is 5.91 Å². The number of carbonyl (C=O) groups is 1. The van der Waals surface area contributed by atoms with E-state index >= 15 is 0 Å². The van der Waals surface area contributed by atoms with Crippen molar-refractivity contribution in [2.24, 2.45) is 5.92 Å². The van der Waals surface area contributed by atoms with Crippen molar-refractivity contribution in [2.75, 3.05) is 26.2 Å². The van der Waals surface area contributed by atoms with Crippen molar-refractivity contribution in [2.45, 2.75) is 39.3 Å². The van der Waals surface area contributed by atoms with Crippen molar-refractivity contribution in [3.8, 4) is 5.75 Å². The van der Waals surface area contributed by atoms with Crippen LogP contribution in [0.1, 0.15) is 32.3 Å². The van der Waals surface area contributed by atoms with Crippen LogP contribution in [0.3, 0.4) is 0 Å². The lowest BCUT2D eigenvalue weighted by Crippen LogP contribution is -2.43. The standard InChI is InChI=1S/C18H26N2O2/c1-3-22-18-7-5-4-6-16(18)12-20-11-15-8-9-17(20)13-19(10-15)14(2)21/h4-7,15,17H,3,8-13H2,1-2H3/t15-,17+/m1/s1. The maximum atomic E-state index is 11.8. The first-order valence-electron chi connectivity index (χ1n) is 8.37. The Morgan fingerprint density at radius 2 is 2.05 bits per heavy atom. The Morgan fingerprint density at radius 1 is 1.23 bits per heavy atom. The molecule has 4 nitrogen and oxygen atoms in total. The summed E-state index contributed by atoms with van der Waals surface area (Å²) in [5, 5.41) is 0. The molecule has 3 saturated heterocycles. The molecule has 3 aliphatic rings. The number of fused-ring (bicyclic) bond motifs is 4. The minimum Gasteiger partial charge on any atom is -0.494 e. The highest BCUT2D eigenvalue weighted by Gasteiger charge is 2.35. The van der Waals surface area contributed by atoms with E-state index in [0.29, 0.717) is 18.6 Å². The summed E-state index contributed by atoms with van der Waals surface area (Å²) in [7, 11) is 0. The van der Waals surface area contributed by atoms with E-state index in [9.17, 15) is 4.79 Å². The molecule has 22 heavy (non-hydrogen) atoms. The molecule has 2 bridgehead atoms. The fourth-order valence-electron chi connectivity index (χ4n) is 3.78. The molecule has 1 aromatic rings. The molecule has 120 valence electrons. The van der Waals surface area contributed by atoms with Gasteiger partial charge in [-0.2, -0.15) is 0 Å². The highest BCUT2D eigenvalue weighted by Crippen LogP contribution is 2.30. The van der Waals surface area contributed by atoms with E-state index in [-0.39, 0.29) is 5.91 Å². The Balaban J connectivity index is 1.75. The molecule has 0 N–H and O–H groups in total. The summed E-state index contributed by atoms with van der Waals surface area (Å²) in [5.74, 6) is 1.82. The SMILES string of the molecule is CCOc1ccccc1CN1C[C@@H]2CC[C@H]1CN(C(C)=O)C2. The summed E-state index contributed by atoms with van der Waals surface area (Å²) in [5.41, 5.74) is 1.26. The Hall–Kier alpha value is -1.55. The van der Waals surface area contributed by atoms with Gasteiger partial charge in [-0.05, 0) is 31.7 Å². The topological polar surface area (TPSA) is 32.8 Å². The van der Waals surface area contributed by atoms with E-state index in [1.807, 2.05) is 17.9 Å². The van der Waals surface area contributed by atoms with Crippen molar-refractivity contribution in [1.29, 1.82) is 0 Å². The molecule has 1 aromatic carbocycles. The van der Waals surface area contributed by atoms with Crippen LogP contribution in [-0.2, 0) is 11.3 Å². The summed E-state index contributed by atoms with van der Waals surface area (Å²) >= 11 is 0. The predicted molar refractivity (Wildman–Crippen MR) is 86.8 cm³/mol. The minimum absolute atomic E-state index is 0.216. The van der Waals surface area contributed by atoms with Crippen LogP contribution in [0.25, 0.3) is 0 Å². The van der Waals surface area contributed by atoms with Crippen LogP contribution in [0.15, 0.2) is 24.3 Å². The number of nitrogens with zero attached hydrogens (tertiary/aromatic N) is 2. The van der Waals surface area contributed by atoms with Crippen LogP contribution in [-0.4, -0.2) is 48.0 Å². The minimum atomic E-state index is 0.216. The van der Waals surface area contributed by atoms with Gasteiger partial charge in [0.2, 0.25) is 5.91 Å². The van der Waals surface area contributed by atoms with Crippen molar-refractivity contribution < 1.29 is 9.53 Å². The smallest absolute Gasteiger partial charge is 0.219 e. The van der Waals surface area contributed by atoms with Gasteiger partial charge in [0.25, 0.3) is 0 Å². The van der Waals surface area contributed by atoms with Gasteiger partial charge in [0.1, 0.15) is 5.75 Å². The Morgan fingerprint density at radius 3 is 2.82 bits per heavy atom. The number of carbonyl (C=O) groups excluding carboxylic acids is 1. The molecule has 3 fully saturated rings. The summed E-state index contributed by atoms with van der Waals surface area (Å²) in [6.07, 6.45) is 2.45. The highest BCUT2D eigenvalue weighted by atomic mass is 16.5. The zero-order valence-electron chi connectivity index (χ0n) is 13.6. The van der Waals surface area contributed by atoms with Crippen molar-refractivity contribution in [1.82, 2.24) is 9.80 Å². The average molecular weight is 302 g/mol. The lowest BCUT2D eigenvalue weighted by atomic mass is 9.94. The molecule has 0 aliphatic carbocycles. The summed E-state index contributed by atoms with van der Waals surface area (Å²) in [6, 6.07) is 8.80. The lowest BCUT2D eigenvalue weighted by molar-refractivity contribution is -0.129. The first-order valence-corrected chi connectivity index (χ1v) is 8.37. The van der Waals surface area contributed by atoms with Crippen LogP contribution < -0.4 is 4.74 Å².